The van der Waals surface area contributed by atoms with Crippen LogP contribution in [0.2, 0.25) is 0 Å². The normalized spacial score (nSPS) is 19.9. The van der Waals surface area contributed by atoms with Crippen molar-refractivity contribution in [3.63, 3.8) is 0 Å². The van der Waals surface area contributed by atoms with Crippen LogP contribution >= 0.6 is 0 Å². The van der Waals surface area contributed by atoms with Crippen molar-refractivity contribution in [1.29, 1.82) is 0 Å². The Morgan fingerprint density at radius 1 is 1.42 bits per heavy atom. The Bertz CT molecular complexity index is 359. The second-order valence-corrected chi connectivity index (χ2v) is 5.02. The Hall–Kier alpha value is -1.79. The Labute approximate surface area is 112 Å². The van der Waals surface area contributed by atoms with Gasteiger partial charge in [-0.05, 0) is 12.3 Å². The summed E-state index contributed by atoms with van der Waals surface area (Å²) in [5.41, 5.74) is 0. The molecule has 3 amide bonds. The van der Waals surface area contributed by atoms with Crippen molar-refractivity contribution in [3.8, 4) is 0 Å². The largest absolute Gasteiger partial charge is 0.481 e. The predicted molar refractivity (Wildman–Crippen MR) is 68.6 cm³/mol. The van der Waals surface area contributed by atoms with Gasteiger partial charge in [0.2, 0.25) is 5.91 Å². The first-order valence-electron chi connectivity index (χ1n) is 6.40. The van der Waals surface area contributed by atoms with Gasteiger partial charge in [-0.25, -0.2) is 4.79 Å². The third kappa shape index (κ3) is 5.58. The van der Waals surface area contributed by atoms with Crippen molar-refractivity contribution < 1.29 is 19.5 Å². The molecule has 19 heavy (non-hydrogen) atoms. The van der Waals surface area contributed by atoms with E-state index in [1.54, 1.807) is 11.8 Å². The maximum absolute atomic E-state index is 11.8. The first kappa shape index (κ1) is 15.3. The lowest BCUT2D eigenvalue weighted by Crippen LogP contribution is -2.43. The van der Waals surface area contributed by atoms with Gasteiger partial charge in [0, 0.05) is 39.0 Å². The van der Waals surface area contributed by atoms with Crippen molar-refractivity contribution in [1.82, 2.24) is 15.5 Å². The van der Waals surface area contributed by atoms with Gasteiger partial charge in [-0.15, -0.1) is 0 Å². The molecule has 1 heterocycles. The lowest BCUT2D eigenvalue weighted by molar-refractivity contribution is -0.137. The number of rotatable bonds is 5. The molecule has 3 N–H and O–H groups in total. The van der Waals surface area contributed by atoms with Crippen LogP contribution < -0.4 is 10.6 Å². The molecule has 1 saturated heterocycles. The van der Waals surface area contributed by atoms with Crippen molar-refractivity contribution in [2.75, 3.05) is 19.6 Å². The Morgan fingerprint density at radius 3 is 2.68 bits per heavy atom. The van der Waals surface area contributed by atoms with Crippen LogP contribution in [0.15, 0.2) is 0 Å². The Balaban J connectivity index is 2.27. The quantitative estimate of drug-likeness (QED) is 0.656. The van der Waals surface area contributed by atoms with E-state index < -0.39 is 5.97 Å². The van der Waals surface area contributed by atoms with Gasteiger partial charge in [-0.1, -0.05) is 6.92 Å². The number of nitrogens with zero attached hydrogens (tertiary/aromatic N) is 1. The van der Waals surface area contributed by atoms with Gasteiger partial charge in [-0.2, -0.15) is 0 Å². The van der Waals surface area contributed by atoms with E-state index in [-0.39, 0.29) is 30.3 Å². The molecule has 0 saturated carbocycles. The summed E-state index contributed by atoms with van der Waals surface area (Å²) in [4.78, 5) is 34.9. The van der Waals surface area contributed by atoms with Crippen LogP contribution in [-0.2, 0) is 9.59 Å². The van der Waals surface area contributed by atoms with E-state index in [0.29, 0.717) is 19.6 Å². The molecule has 1 fully saturated rings. The highest BCUT2D eigenvalue weighted by atomic mass is 16.4. The minimum absolute atomic E-state index is 0.0136. The summed E-state index contributed by atoms with van der Waals surface area (Å²) < 4.78 is 0. The van der Waals surface area contributed by atoms with Gasteiger partial charge in [0.25, 0.3) is 0 Å². The van der Waals surface area contributed by atoms with Crippen molar-refractivity contribution in [3.05, 3.63) is 0 Å². The fraction of sp³-hybridized carbons (Fsp3) is 0.750. The van der Waals surface area contributed by atoms with Crippen LogP contribution in [0.4, 0.5) is 4.79 Å². The number of carbonyl (C=O) groups excluding carboxylic acids is 2. The second-order valence-electron chi connectivity index (χ2n) is 5.02. The molecular formula is C12H21N3O4. The highest BCUT2D eigenvalue weighted by Gasteiger charge is 2.26. The third-order valence-electron chi connectivity index (χ3n) is 3.01. The van der Waals surface area contributed by atoms with E-state index in [2.05, 4.69) is 10.6 Å². The number of hydrogen-bond donors (Lipinski definition) is 3. The van der Waals surface area contributed by atoms with Crippen LogP contribution in [0.3, 0.4) is 0 Å². The molecule has 0 aromatic carbocycles. The zero-order valence-electron chi connectivity index (χ0n) is 11.3. The number of carbonyl (C=O) groups is 3. The van der Waals surface area contributed by atoms with Gasteiger partial charge in [0.15, 0.2) is 0 Å². The molecule has 0 radical (unpaired) electrons. The molecule has 0 aromatic rings. The highest BCUT2D eigenvalue weighted by Crippen LogP contribution is 2.09. The molecule has 1 aliphatic heterocycles. The van der Waals surface area contributed by atoms with Crippen LogP contribution in [0.25, 0.3) is 0 Å². The van der Waals surface area contributed by atoms with E-state index in [0.717, 1.165) is 6.42 Å². The summed E-state index contributed by atoms with van der Waals surface area (Å²) in [7, 11) is 0. The number of likely N-dealkylation sites (tertiary alicyclic amines) is 1. The summed E-state index contributed by atoms with van der Waals surface area (Å²) in [6.45, 7) is 4.67. The van der Waals surface area contributed by atoms with Crippen LogP contribution in [0.1, 0.15) is 26.7 Å². The number of carboxylic acids is 1. The molecular weight excluding hydrogens is 250 g/mol. The number of hydrogen-bond acceptors (Lipinski definition) is 3. The second kappa shape index (κ2) is 6.96. The topological polar surface area (TPSA) is 98.7 Å². The lowest BCUT2D eigenvalue weighted by atomic mass is 10.1. The molecule has 7 nitrogen and oxygen atoms in total. The summed E-state index contributed by atoms with van der Waals surface area (Å²) in [6, 6.07) is -0.190. The average Bonchev–Trinajstić information content (AvgIpc) is 2.72. The molecule has 2 unspecified atom stereocenters. The Morgan fingerprint density at radius 2 is 2.11 bits per heavy atom. The molecule has 7 heteroatoms. The third-order valence-corrected chi connectivity index (χ3v) is 3.01. The minimum Gasteiger partial charge on any atom is -0.481 e. The van der Waals surface area contributed by atoms with Gasteiger partial charge < -0.3 is 20.6 Å². The van der Waals surface area contributed by atoms with Crippen molar-refractivity contribution >= 4 is 17.9 Å². The fourth-order valence-electron chi connectivity index (χ4n) is 2.09. The number of amides is 3. The molecule has 1 rings (SSSR count). The highest BCUT2D eigenvalue weighted by molar-refractivity contribution is 5.76. The SMILES string of the molecule is CC(=O)NC1CCN(C(=O)NCC(C)CC(=O)O)C1. The summed E-state index contributed by atoms with van der Waals surface area (Å²) in [6.07, 6.45) is 0.784. The zero-order valence-corrected chi connectivity index (χ0v) is 11.3. The molecule has 0 spiro atoms. The average molecular weight is 271 g/mol. The van der Waals surface area contributed by atoms with E-state index in [4.69, 9.17) is 5.11 Å². The van der Waals surface area contributed by atoms with Crippen molar-refractivity contribution in [2.24, 2.45) is 5.92 Å². The maximum Gasteiger partial charge on any atom is 0.317 e. The smallest absolute Gasteiger partial charge is 0.317 e. The summed E-state index contributed by atoms with van der Waals surface area (Å²) >= 11 is 0. The van der Waals surface area contributed by atoms with Gasteiger partial charge in [0.05, 0.1) is 0 Å². The monoisotopic (exact) mass is 271 g/mol. The van der Waals surface area contributed by atoms with Crippen LogP contribution in [0.5, 0.6) is 0 Å². The first-order valence-corrected chi connectivity index (χ1v) is 6.40. The predicted octanol–water partition coefficient (Wildman–Crippen LogP) is 0.0172. The number of carboxylic acid groups (broad SMARTS) is 1. The van der Waals surface area contributed by atoms with E-state index in [1.165, 1.54) is 6.92 Å². The number of urea groups is 1. The first-order chi connectivity index (χ1) is 8.88. The molecule has 1 aliphatic rings. The summed E-state index contributed by atoms with van der Waals surface area (Å²) in [5, 5.41) is 14.1. The molecule has 2 atom stereocenters. The Kier molecular flexibility index (Phi) is 5.59. The van der Waals surface area contributed by atoms with E-state index >= 15 is 0 Å². The van der Waals surface area contributed by atoms with Gasteiger partial charge in [0.1, 0.15) is 0 Å². The fourth-order valence-corrected chi connectivity index (χ4v) is 2.09. The van der Waals surface area contributed by atoms with Crippen LogP contribution in [-0.4, -0.2) is 53.6 Å². The molecule has 0 aromatic heterocycles. The zero-order chi connectivity index (χ0) is 14.4. The summed E-state index contributed by atoms with van der Waals surface area (Å²) in [5.74, 6) is -1.06. The van der Waals surface area contributed by atoms with E-state index in [1.807, 2.05) is 0 Å². The minimum atomic E-state index is -0.867. The van der Waals surface area contributed by atoms with Gasteiger partial charge in [-0.3, -0.25) is 9.59 Å². The molecule has 0 bridgehead atoms. The molecule has 108 valence electrons. The molecule has 0 aliphatic carbocycles. The van der Waals surface area contributed by atoms with Crippen molar-refractivity contribution in [2.45, 2.75) is 32.7 Å². The number of nitrogens with one attached hydrogen (secondary N) is 2. The van der Waals surface area contributed by atoms with Gasteiger partial charge >= 0.3 is 12.0 Å². The number of aliphatic carboxylic acids is 1. The lowest BCUT2D eigenvalue weighted by Gasteiger charge is -2.19. The standard InChI is InChI=1S/C12H21N3O4/c1-8(5-11(17)18)6-13-12(19)15-4-3-10(7-15)14-9(2)16/h8,10H,3-7H2,1-2H3,(H,13,19)(H,14,16)(H,17,18). The maximum atomic E-state index is 11.8. The van der Waals surface area contributed by atoms with E-state index in [9.17, 15) is 14.4 Å². The van der Waals surface area contributed by atoms with Crippen LogP contribution in [0, 0.1) is 5.92 Å².